The van der Waals surface area contributed by atoms with Gasteiger partial charge in [0.25, 0.3) is 5.69 Å². The molecule has 5 nitrogen and oxygen atoms in total. The molecule has 1 aromatic carbocycles. The molecule has 0 amide bonds. The Morgan fingerprint density at radius 2 is 2.28 bits per heavy atom. The van der Waals surface area contributed by atoms with Crippen molar-refractivity contribution in [3.8, 4) is 6.07 Å². The molecule has 0 radical (unpaired) electrons. The first-order valence-electron chi connectivity index (χ1n) is 6.13. The lowest BCUT2D eigenvalue weighted by molar-refractivity contribution is -0.385. The van der Waals surface area contributed by atoms with E-state index in [4.69, 9.17) is 5.26 Å². The minimum Gasteiger partial charge on any atom is -0.385 e. The minimum atomic E-state index is -0.520. The molecule has 0 bridgehead atoms. The van der Waals surface area contributed by atoms with E-state index < -0.39 is 4.92 Å². The maximum Gasteiger partial charge on any atom is 0.289 e. The van der Waals surface area contributed by atoms with Crippen LogP contribution in [0.15, 0.2) is 18.2 Å². The highest BCUT2D eigenvalue weighted by atomic mass is 16.6. The number of nitriles is 1. The maximum atomic E-state index is 10.8. The van der Waals surface area contributed by atoms with Gasteiger partial charge in [-0.15, -0.1) is 0 Å². The predicted octanol–water partition coefficient (Wildman–Crippen LogP) is 3.07. The fourth-order valence-electron chi connectivity index (χ4n) is 1.92. The fraction of sp³-hybridized carbons (Fsp3) is 0.462. The Bertz CT molecular complexity index is 489. The van der Waals surface area contributed by atoms with Crippen LogP contribution in [0.1, 0.15) is 31.2 Å². The summed E-state index contributed by atoms with van der Waals surface area (Å²) in [6, 6.07) is 6.45. The highest BCUT2D eigenvalue weighted by Crippen LogP contribution is 2.33. The normalized spacial score (nSPS) is 13.9. The number of nitro benzene ring substituents is 1. The third-order valence-electron chi connectivity index (χ3n) is 3.13. The van der Waals surface area contributed by atoms with Gasteiger partial charge in [0.2, 0.25) is 0 Å². The van der Waals surface area contributed by atoms with Crippen LogP contribution in [0, 0.1) is 27.4 Å². The zero-order valence-electron chi connectivity index (χ0n) is 10.1. The van der Waals surface area contributed by atoms with E-state index in [0.717, 1.165) is 18.9 Å². The predicted molar refractivity (Wildman–Crippen MR) is 68.3 cm³/mol. The third-order valence-corrected chi connectivity index (χ3v) is 3.13. The van der Waals surface area contributed by atoms with E-state index in [0.29, 0.717) is 5.69 Å². The lowest BCUT2D eigenvalue weighted by Gasteiger charge is -2.06. The van der Waals surface area contributed by atoms with E-state index in [1.807, 2.05) is 6.07 Å². The van der Waals surface area contributed by atoms with Crippen molar-refractivity contribution in [2.75, 3.05) is 11.9 Å². The molecule has 1 aliphatic carbocycles. The molecule has 1 N–H and O–H groups in total. The van der Waals surface area contributed by atoms with Crippen molar-refractivity contribution in [1.82, 2.24) is 0 Å². The number of rotatable bonds is 6. The summed E-state index contributed by atoms with van der Waals surface area (Å²) < 4.78 is 0. The first-order valence-corrected chi connectivity index (χ1v) is 6.13. The third kappa shape index (κ3) is 3.20. The van der Waals surface area contributed by atoms with E-state index >= 15 is 0 Å². The van der Waals surface area contributed by atoms with Crippen molar-refractivity contribution in [1.29, 1.82) is 5.26 Å². The molecule has 0 atom stereocenters. The van der Waals surface area contributed by atoms with E-state index in [1.165, 1.54) is 31.4 Å². The Kier molecular flexibility index (Phi) is 3.78. The monoisotopic (exact) mass is 245 g/mol. The van der Waals surface area contributed by atoms with Gasteiger partial charge in [-0.2, -0.15) is 5.26 Å². The van der Waals surface area contributed by atoms with Gasteiger partial charge in [0, 0.05) is 18.3 Å². The van der Waals surface area contributed by atoms with Crippen LogP contribution in [0.5, 0.6) is 0 Å². The average Bonchev–Trinajstić information content (AvgIpc) is 3.18. The zero-order valence-corrected chi connectivity index (χ0v) is 10.1. The minimum absolute atomic E-state index is 0.100. The number of hydrogen-bond donors (Lipinski definition) is 1. The van der Waals surface area contributed by atoms with Gasteiger partial charge >= 0.3 is 0 Å². The summed E-state index contributed by atoms with van der Waals surface area (Å²) in [5.74, 6) is 0.905. The van der Waals surface area contributed by atoms with Gasteiger partial charge < -0.3 is 5.32 Å². The molecular formula is C13H15N3O2. The fourth-order valence-corrected chi connectivity index (χ4v) is 1.92. The first kappa shape index (κ1) is 12.4. The lowest BCUT2D eigenvalue weighted by atomic mass is 10.1. The zero-order chi connectivity index (χ0) is 13.0. The van der Waals surface area contributed by atoms with Gasteiger partial charge in [-0.25, -0.2) is 0 Å². The van der Waals surface area contributed by atoms with Crippen LogP contribution in [0.2, 0.25) is 0 Å². The van der Waals surface area contributed by atoms with Crippen molar-refractivity contribution in [3.63, 3.8) is 0 Å². The smallest absolute Gasteiger partial charge is 0.289 e. The van der Waals surface area contributed by atoms with Crippen molar-refractivity contribution in [3.05, 3.63) is 33.9 Å². The summed E-state index contributed by atoms with van der Waals surface area (Å²) in [6.45, 7) is 0.819. The van der Waals surface area contributed by atoms with Gasteiger partial charge in [-0.3, -0.25) is 10.1 Å². The van der Waals surface area contributed by atoms with Gasteiger partial charge in [-0.05, 0) is 30.9 Å². The molecule has 1 aromatic rings. The number of anilines is 1. The molecule has 0 heterocycles. The molecule has 0 aliphatic heterocycles. The average molecular weight is 245 g/mol. The van der Waals surface area contributed by atoms with Gasteiger partial charge in [-0.1, -0.05) is 12.8 Å². The molecule has 1 aliphatic rings. The van der Waals surface area contributed by atoms with E-state index in [1.54, 1.807) is 6.07 Å². The Hall–Kier alpha value is -2.09. The summed E-state index contributed by atoms with van der Waals surface area (Å²) in [4.78, 5) is 10.3. The quantitative estimate of drug-likeness (QED) is 0.474. The van der Waals surface area contributed by atoms with Crippen LogP contribution in [-0.2, 0) is 0 Å². The number of nitrogens with one attached hydrogen (secondary N) is 1. The van der Waals surface area contributed by atoms with Crippen LogP contribution < -0.4 is 5.32 Å². The number of nitrogens with zero attached hydrogens (tertiary/aromatic N) is 2. The summed E-state index contributed by atoms with van der Waals surface area (Å²) >= 11 is 0. The standard InChI is InChI=1S/C13H15N3O2/c14-9-11-5-6-12(8-13(11)16(17)18)15-7-1-2-10-3-4-10/h5-6,8,10,15H,1-4,7H2. The SMILES string of the molecule is N#Cc1ccc(NCCCC2CC2)cc1[N+](=O)[O-]. The summed E-state index contributed by atoms with van der Waals surface area (Å²) in [7, 11) is 0. The second kappa shape index (κ2) is 5.50. The van der Waals surface area contributed by atoms with Gasteiger partial charge in [0.05, 0.1) is 4.92 Å². The second-order valence-electron chi connectivity index (χ2n) is 4.61. The largest absolute Gasteiger partial charge is 0.385 e. The molecule has 2 rings (SSSR count). The van der Waals surface area contributed by atoms with Crippen LogP contribution in [-0.4, -0.2) is 11.5 Å². The molecule has 0 aromatic heterocycles. The van der Waals surface area contributed by atoms with Crippen molar-refractivity contribution < 1.29 is 4.92 Å². The van der Waals surface area contributed by atoms with Crippen LogP contribution in [0.4, 0.5) is 11.4 Å². The van der Waals surface area contributed by atoms with Gasteiger partial charge in [0.1, 0.15) is 11.6 Å². The Labute approximate surface area is 106 Å². The molecule has 1 fully saturated rings. The summed E-state index contributed by atoms with van der Waals surface area (Å²) in [5, 5.41) is 22.7. The van der Waals surface area contributed by atoms with Crippen molar-refractivity contribution >= 4 is 11.4 Å². The van der Waals surface area contributed by atoms with E-state index in [2.05, 4.69) is 5.32 Å². The lowest BCUT2D eigenvalue weighted by Crippen LogP contribution is -2.03. The van der Waals surface area contributed by atoms with Crippen molar-refractivity contribution in [2.45, 2.75) is 25.7 Å². The maximum absolute atomic E-state index is 10.8. The molecular weight excluding hydrogens is 230 g/mol. The van der Waals surface area contributed by atoms with E-state index in [9.17, 15) is 10.1 Å². The van der Waals surface area contributed by atoms with Gasteiger partial charge in [0.15, 0.2) is 0 Å². The highest BCUT2D eigenvalue weighted by molar-refractivity contribution is 5.59. The van der Waals surface area contributed by atoms with Crippen LogP contribution in [0.25, 0.3) is 0 Å². The number of nitro groups is 1. The molecule has 94 valence electrons. The topological polar surface area (TPSA) is 79.0 Å². The Balaban J connectivity index is 1.93. The molecule has 0 saturated heterocycles. The number of hydrogen-bond acceptors (Lipinski definition) is 4. The highest BCUT2D eigenvalue weighted by Gasteiger charge is 2.20. The Morgan fingerprint density at radius 1 is 1.50 bits per heavy atom. The molecule has 5 heteroatoms. The summed E-state index contributed by atoms with van der Waals surface area (Å²) in [6.07, 6.45) is 5.01. The molecule has 1 saturated carbocycles. The molecule has 0 unspecified atom stereocenters. The Morgan fingerprint density at radius 3 is 2.89 bits per heavy atom. The molecule has 0 spiro atoms. The van der Waals surface area contributed by atoms with Crippen LogP contribution in [0.3, 0.4) is 0 Å². The number of benzene rings is 1. The molecule has 18 heavy (non-hydrogen) atoms. The second-order valence-corrected chi connectivity index (χ2v) is 4.61. The first-order chi connectivity index (χ1) is 8.70. The van der Waals surface area contributed by atoms with Crippen LogP contribution >= 0.6 is 0 Å². The summed E-state index contributed by atoms with van der Waals surface area (Å²) in [5.41, 5.74) is 0.671. The van der Waals surface area contributed by atoms with E-state index in [-0.39, 0.29) is 11.3 Å². The van der Waals surface area contributed by atoms with Crippen molar-refractivity contribution in [2.24, 2.45) is 5.92 Å².